The molecule has 106 valence electrons. The van der Waals surface area contributed by atoms with Gasteiger partial charge in [-0.15, -0.1) is 0 Å². The number of ketones is 2. The summed E-state index contributed by atoms with van der Waals surface area (Å²) in [7, 11) is 0. The monoisotopic (exact) mass is 291 g/mol. The maximum Gasteiger partial charge on any atom is 0.382 e. The number of anilines is 1. The predicted octanol–water partition coefficient (Wildman–Crippen LogP) is 1.48. The SMILES string of the molecule is Nc1c(C#CC(=O)O)ccc2c1C(=O)c1ccccc1C2=O. The summed E-state index contributed by atoms with van der Waals surface area (Å²) in [6, 6.07) is 9.40. The Bertz CT molecular complexity index is 916. The minimum atomic E-state index is -1.30. The van der Waals surface area contributed by atoms with Gasteiger partial charge in [-0.3, -0.25) is 9.59 Å². The Kier molecular flexibility index (Phi) is 3.00. The van der Waals surface area contributed by atoms with Crippen LogP contribution in [0.25, 0.3) is 0 Å². The summed E-state index contributed by atoms with van der Waals surface area (Å²) in [5, 5.41) is 8.59. The van der Waals surface area contributed by atoms with E-state index in [1.165, 1.54) is 12.1 Å². The van der Waals surface area contributed by atoms with Crippen LogP contribution < -0.4 is 5.73 Å². The molecule has 0 heterocycles. The van der Waals surface area contributed by atoms with Crippen molar-refractivity contribution in [3.63, 3.8) is 0 Å². The third-order valence-electron chi connectivity index (χ3n) is 3.44. The molecule has 22 heavy (non-hydrogen) atoms. The fourth-order valence-electron chi connectivity index (χ4n) is 2.44. The molecule has 0 spiro atoms. The van der Waals surface area contributed by atoms with Crippen LogP contribution in [-0.4, -0.2) is 22.6 Å². The van der Waals surface area contributed by atoms with Crippen LogP contribution in [0.4, 0.5) is 5.69 Å². The molecule has 3 N–H and O–H groups in total. The molecule has 0 aromatic heterocycles. The van der Waals surface area contributed by atoms with E-state index < -0.39 is 5.97 Å². The van der Waals surface area contributed by atoms with Gasteiger partial charge in [-0.1, -0.05) is 30.2 Å². The zero-order valence-corrected chi connectivity index (χ0v) is 11.2. The molecule has 1 aliphatic rings. The van der Waals surface area contributed by atoms with Crippen molar-refractivity contribution >= 4 is 23.2 Å². The van der Waals surface area contributed by atoms with Gasteiger partial charge in [0.05, 0.1) is 11.3 Å². The molecule has 0 saturated heterocycles. The maximum atomic E-state index is 12.6. The highest BCUT2D eigenvalue weighted by molar-refractivity contribution is 6.30. The van der Waals surface area contributed by atoms with E-state index in [2.05, 4.69) is 5.92 Å². The van der Waals surface area contributed by atoms with Crippen LogP contribution in [0.15, 0.2) is 36.4 Å². The van der Waals surface area contributed by atoms with Crippen molar-refractivity contribution in [2.75, 3.05) is 5.73 Å². The van der Waals surface area contributed by atoms with Crippen LogP contribution in [0, 0.1) is 11.8 Å². The Morgan fingerprint density at radius 3 is 2.23 bits per heavy atom. The predicted molar refractivity (Wildman–Crippen MR) is 78.7 cm³/mol. The number of fused-ring (bicyclic) bond motifs is 2. The number of carboxylic acids is 1. The minimum Gasteiger partial charge on any atom is -0.472 e. The van der Waals surface area contributed by atoms with Crippen molar-refractivity contribution in [3.05, 3.63) is 64.2 Å². The lowest BCUT2D eigenvalue weighted by molar-refractivity contribution is -0.130. The third-order valence-corrected chi connectivity index (χ3v) is 3.44. The van der Waals surface area contributed by atoms with Gasteiger partial charge in [-0.2, -0.15) is 0 Å². The molecule has 5 heteroatoms. The van der Waals surface area contributed by atoms with Crippen molar-refractivity contribution < 1.29 is 19.5 Å². The van der Waals surface area contributed by atoms with Gasteiger partial charge in [0.25, 0.3) is 0 Å². The van der Waals surface area contributed by atoms with E-state index in [1.807, 2.05) is 5.92 Å². The van der Waals surface area contributed by atoms with Gasteiger partial charge in [0, 0.05) is 28.2 Å². The number of carbonyl (C=O) groups excluding carboxylic acids is 2. The zero-order chi connectivity index (χ0) is 15.9. The number of nitrogens with two attached hydrogens (primary N) is 1. The molecule has 0 aliphatic heterocycles. The van der Waals surface area contributed by atoms with E-state index in [0.717, 1.165) is 0 Å². The first-order valence-electron chi connectivity index (χ1n) is 6.36. The number of carboxylic acid groups (broad SMARTS) is 1. The summed E-state index contributed by atoms with van der Waals surface area (Å²) in [6.07, 6.45) is 0. The zero-order valence-electron chi connectivity index (χ0n) is 11.2. The van der Waals surface area contributed by atoms with Crippen molar-refractivity contribution in [1.82, 2.24) is 0 Å². The molecular formula is C17H9NO4. The van der Waals surface area contributed by atoms with Crippen LogP contribution in [0.1, 0.15) is 37.4 Å². The topological polar surface area (TPSA) is 97.5 Å². The number of hydrogen-bond acceptors (Lipinski definition) is 4. The molecule has 5 nitrogen and oxygen atoms in total. The molecule has 0 bridgehead atoms. The number of aliphatic carboxylic acids is 1. The summed E-state index contributed by atoms with van der Waals surface area (Å²) < 4.78 is 0. The van der Waals surface area contributed by atoms with Crippen molar-refractivity contribution in [2.45, 2.75) is 0 Å². The molecule has 0 atom stereocenters. The highest BCUT2D eigenvalue weighted by Crippen LogP contribution is 2.32. The molecule has 2 aromatic rings. The lowest BCUT2D eigenvalue weighted by atomic mass is 9.82. The first-order valence-corrected chi connectivity index (χ1v) is 6.36. The molecular weight excluding hydrogens is 282 g/mol. The third kappa shape index (κ3) is 1.95. The minimum absolute atomic E-state index is 0.0269. The quantitative estimate of drug-likeness (QED) is 0.483. The molecule has 0 fully saturated rings. The lowest BCUT2D eigenvalue weighted by Crippen LogP contribution is -2.22. The maximum absolute atomic E-state index is 12.6. The molecule has 0 amide bonds. The first-order chi connectivity index (χ1) is 10.5. The first kappa shape index (κ1) is 13.6. The Morgan fingerprint density at radius 2 is 1.59 bits per heavy atom. The van der Waals surface area contributed by atoms with E-state index in [-0.39, 0.29) is 39.5 Å². The van der Waals surface area contributed by atoms with Crippen LogP contribution >= 0.6 is 0 Å². The largest absolute Gasteiger partial charge is 0.472 e. The molecule has 0 radical (unpaired) electrons. The van der Waals surface area contributed by atoms with Gasteiger partial charge >= 0.3 is 5.97 Å². The van der Waals surface area contributed by atoms with Gasteiger partial charge in [-0.25, -0.2) is 4.79 Å². The highest BCUT2D eigenvalue weighted by atomic mass is 16.4. The van der Waals surface area contributed by atoms with Crippen LogP contribution in [0.3, 0.4) is 0 Å². The summed E-state index contributed by atoms with van der Waals surface area (Å²) in [5.74, 6) is 2.39. The van der Waals surface area contributed by atoms with Crippen molar-refractivity contribution in [3.8, 4) is 11.8 Å². The Labute approximate surface area is 125 Å². The van der Waals surface area contributed by atoms with E-state index in [0.29, 0.717) is 5.56 Å². The average Bonchev–Trinajstić information content (AvgIpc) is 2.51. The van der Waals surface area contributed by atoms with E-state index in [9.17, 15) is 14.4 Å². The van der Waals surface area contributed by atoms with Crippen molar-refractivity contribution in [1.29, 1.82) is 0 Å². The summed E-state index contributed by atoms with van der Waals surface area (Å²) in [4.78, 5) is 35.5. The van der Waals surface area contributed by atoms with E-state index >= 15 is 0 Å². The van der Waals surface area contributed by atoms with Crippen LogP contribution in [-0.2, 0) is 4.79 Å². The normalized spacial score (nSPS) is 12.0. The molecule has 0 unspecified atom stereocenters. The fraction of sp³-hybridized carbons (Fsp3) is 0. The number of nitrogen functional groups attached to an aromatic ring is 1. The molecule has 1 aliphatic carbocycles. The molecule has 3 rings (SSSR count). The second-order valence-electron chi connectivity index (χ2n) is 4.71. The number of carbonyl (C=O) groups is 3. The fourth-order valence-corrected chi connectivity index (χ4v) is 2.44. The second kappa shape index (κ2) is 4.86. The van der Waals surface area contributed by atoms with E-state index in [1.54, 1.807) is 24.3 Å². The Balaban J connectivity index is 2.24. The molecule has 0 saturated carbocycles. The number of hydrogen-bond donors (Lipinski definition) is 2. The van der Waals surface area contributed by atoms with Gasteiger partial charge in [0.1, 0.15) is 0 Å². The van der Waals surface area contributed by atoms with Gasteiger partial charge < -0.3 is 10.8 Å². The van der Waals surface area contributed by atoms with Gasteiger partial charge in [0.15, 0.2) is 11.6 Å². The summed E-state index contributed by atoms with van der Waals surface area (Å²) >= 11 is 0. The highest BCUT2D eigenvalue weighted by Gasteiger charge is 2.31. The summed E-state index contributed by atoms with van der Waals surface area (Å²) in [5.41, 5.74) is 7.09. The standard InChI is InChI=1S/C17H9NO4/c18-15-9(6-8-13(19)20)5-7-12-14(15)17(22)11-4-2-1-3-10(11)16(12)21/h1-5,7H,18H2,(H,19,20). The number of benzene rings is 2. The summed E-state index contributed by atoms with van der Waals surface area (Å²) in [6.45, 7) is 0. The van der Waals surface area contributed by atoms with Crippen LogP contribution in [0.5, 0.6) is 0 Å². The number of rotatable bonds is 0. The molecule has 2 aromatic carbocycles. The Hall–Kier alpha value is -3.39. The average molecular weight is 291 g/mol. The second-order valence-corrected chi connectivity index (χ2v) is 4.71. The van der Waals surface area contributed by atoms with Gasteiger partial charge in [0.2, 0.25) is 0 Å². The van der Waals surface area contributed by atoms with Crippen molar-refractivity contribution in [2.24, 2.45) is 0 Å². The van der Waals surface area contributed by atoms with E-state index in [4.69, 9.17) is 10.8 Å². The Morgan fingerprint density at radius 1 is 0.955 bits per heavy atom. The lowest BCUT2D eigenvalue weighted by Gasteiger charge is -2.19. The van der Waals surface area contributed by atoms with Gasteiger partial charge in [-0.05, 0) is 12.1 Å². The van der Waals surface area contributed by atoms with Crippen LogP contribution in [0.2, 0.25) is 0 Å². The smallest absolute Gasteiger partial charge is 0.382 e.